The van der Waals surface area contributed by atoms with E-state index in [1.807, 2.05) is 29.2 Å². The minimum Gasteiger partial charge on any atom is -0.496 e. The summed E-state index contributed by atoms with van der Waals surface area (Å²) in [5, 5.41) is 3.25. The number of carbonyl (C=O) groups is 1. The maximum atomic E-state index is 12.9. The first-order valence-corrected chi connectivity index (χ1v) is 9.41. The van der Waals surface area contributed by atoms with E-state index in [-0.39, 0.29) is 6.03 Å². The molecule has 1 aliphatic carbocycles. The molecule has 0 aliphatic heterocycles. The number of hydrogen-bond donors (Lipinski definition) is 1. The fraction of sp³-hybridized carbons (Fsp3) is 0.650. The van der Waals surface area contributed by atoms with Gasteiger partial charge in [0.1, 0.15) is 5.75 Å². The van der Waals surface area contributed by atoms with Crippen molar-refractivity contribution in [2.24, 2.45) is 0 Å². The maximum absolute atomic E-state index is 12.9. The minimum atomic E-state index is 0.0221. The smallest absolute Gasteiger partial charge is 0.317 e. The van der Waals surface area contributed by atoms with E-state index >= 15 is 0 Å². The number of urea groups is 1. The van der Waals surface area contributed by atoms with Crippen molar-refractivity contribution >= 4 is 6.03 Å². The minimum absolute atomic E-state index is 0.0221. The average molecular weight is 348 g/mol. The Morgan fingerprint density at radius 2 is 1.88 bits per heavy atom. The lowest BCUT2D eigenvalue weighted by Crippen LogP contribution is -2.45. The van der Waals surface area contributed by atoms with Crippen molar-refractivity contribution in [1.29, 1.82) is 0 Å². The van der Waals surface area contributed by atoms with Gasteiger partial charge in [-0.15, -0.1) is 0 Å². The first kappa shape index (κ1) is 19.6. The predicted molar refractivity (Wildman–Crippen MR) is 99.9 cm³/mol. The van der Waals surface area contributed by atoms with Crippen LogP contribution in [-0.4, -0.2) is 44.3 Å². The van der Waals surface area contributed by atoms with E-state index in [1.165, 1.54) is 25.7 Å². The molecule has 140 valence electrons. The third kappa shape index (κ3) is 6.58. The monoisotopic (exact) mass is 348 g/mol. The van der Waals surface area contributed by atoms with Crippen molar-refractivity contribution in [3.63, 3.8) is 0 Å². The fourth-order valence-corrected chi connectivity index (χ4v) is 3.38. The zero-order chi connectivity index (χ0) is 17.9. The summed E-state index contributed by atoms with van der Waals surface area (Å²) in [5.74, 6) is 0.821. The molecule has 0 unspecified atom stereocenters. The second-order valence-corrected chi connectivity index (χ2v) is 6.72. The van der Waals surface area contributed by atoms with Gasteiger partial charge < -0.3 is 19.7 Å². The molecule has 0 aromatic heterocycles. The summed E-state index contributed by atoms with van der Waals surface area (Å²) in [6.45, 7) is 1.87. The van der Waals surface area contributed by atoms with Crippen molar-refractivity contribution in [2.75, 3.05) is 27.4 Å². The van der Waals surface area contributed by atoms with Gasteiger partial charge in [0.25, 0.3) is 0 Å². The zero-order valence-electron chi connectivity index (χ0n) is 15.6. The molecule has 1 aromatic carbocycles. The van der Waals surface area contributed by atoms with E-state index in [0.29, 0.717) is 25.7 Å². The Morgan fingerprint density at radius 1 is 1.16 bits per heavy atom. The van der Waals surface area contributed by atoms with Gasteiger partial charge in [0, 0.05) is 31.9 Å². The van der Waals surface area contributed by atoms with Crippen molar-refractivity contribution in [3.05, 3.63) is 29.8 Å². The molecule has 5 heteroatoms. The molecule has 1 N–H and O–H groups in total. The molecule has 1 aliphatic rings. The quantitative estimate of drug-likeness (QED) is 0.571. The van der Waals surface area contributed by atoms with Crippen LogP contribution in [0.25, 0.3) is 0 Å². The molecule has 0 atom stereocenters. The summed E-state index contributed by atoms with van der Waals surface area (Å²) in [5.41, 5.74) is 1.03. The van der Waals surface area contributed by atoms with Crippen molar-refractivity contribution < 1.29 is 14.3 Å². The number of nitrogens with one attached hydrogen (secondary N) is 1. The van der Waals surface area contributed by atoms with Gasteiger partial charge in [-0.3, -0.25) is 0 Å². The van der Waals surface area contributed by atoms with Crippen LogP contribution >= 0.6 is 0 Å². The average Bonchev–Trinajstić information content (AvgIpc) is 2.90. The first-order chi connectivity index (χ1) is 12.2. The van der Waals surface area contributed by atoms with E-state index in [0.717, 1.165) is 30.6 Å². The van der Waals surface area contributed by atoms with Crippen LogP contribution in [-0.2, 0) is 11.3 Å². The number of ether oxygens (including phenoxy) is 2. The Balaban J connectivity index is 2.01. The van der Waals surface area contributed by atoms with Crippen LogP contribution in [0.4, 0.5) is 4.79 Å². The van der Waals surface area contributed by atoms with E-state index < -0.39 is 0 Å². The molecular weight excluding hydrogens is 316 g/mol. The van der Waals surface area contributed by atoms with Crippen LogP contribution in [0.2, 0.25) is 0 Å². The number of rotatable bonds is 8. The molecule has 0 heterocycles. The van der Waals surface area contributed by atoms with Gasteiger partial charge in [0.05, 0.1) is 13.7 Å². The number of hydrogen-bond acceptors (Lipinski definition) is 3. The molecule has 2 rings (SSSR count). The Labute approximate surface area is 151 Å². The molecule has 0 saturated heterocycles. The van der Waals surface area contributed by atoms with Crippen molar-refractivity contribution in [3.8, 4) is 5.75 Å². The zero-order valence-corrected chi connectivity index (χ0v) is 15.6. The van der Waals surface area contributed by atoms with Crippen molar-refractivity contribution in [1.82, 2.24) is 10.2 Å². The first-order valence-electron chi connectivity index (χ1n) is 9.41. The number of benzene rings is 1. The van der Waals surface area contributed by atoms with E-state index in [1.54, 1.807) is 14.2 Å². The molecule has 1 fully saturated rings. The summed E-state index contributed by atoms with van der Waals surface area (Å²) in [6, 6.07) is 8.20. The van der Waals surface area contributed by atoms with Gasteiger partial charge in [-0.05, 0) is 25.3 Å². The standard InChI is InChI=1S/C20H32N2O3/c1-24-15-9-14-22(16-17-10-7-8-13-19(17)25-2)20(23)21-18-11-5-3-4-6-12-18/h7-8,10,13,18H,3-6,9,11-12,14-16H2,1-2H3,(H,21,23). The number of para-hydroxylation sites is 1. The highest BCUT2D eigenvalue weighted by molar-refractivity contribution is 5.74. The molecule has 0 spiro atoms. The highest BCUT2D eigenvalue weighted by atomic mass is 16.5. The number of carbonyl (C=O) groups excluding carboxylic acids is 1. The predicted octanol–water partition coefficient (Wildman–Crippen LogP) is 3.97. The SMILES string of the molecule is COCCCN(Cc1ccccc1OC)C(=O)NC1CCCCCC1. The third-order valence-electron chi connectivity index (χ3n) is 4.80. The lowest BCUT2D eigenvalue weighted by Gasteiger charge is -2.27. The van der Waals surface area contributed by atoms with E-state index in [4.69, 9.17) is 9.47 Å². The number of nitrogens with zero attached hydrogens (tertiary/aromatic N) is 1. The van der Waals surface area contributed by atoms with Crippen LogP contribution in [0.1, 0.15) is 50.5 Å². The summed E-state index contributed by atoms with van der Waals surface area (Å²) >= 11 is 0. The summed E-state index contributed by atoms with van der Waals surface area (Å²) in [4.78, 5) is 14.7. The van der Waals surface area contributed by atoms with Gasteiger partial charge in [0.2, 0.25) is 0 Å². The Morgan fingerprint density at radius 3 is 2.56 bits per heavy atom. The van der Waals surface area contributed by atoms with E-state index in [2.05, 4.69) is 5.32 Å². The molecule has 1 aromatic rings. The van der Waals surface area contributed by atoms with Crippen LogP contribution < -0.4 is 10.1 Å². The Hall–Kier alpha value is -1.75. The van der Waals surface area contributed by atoms with Crippen molar-refractivity contribution in [2.45, 2.75) is 57.5 Å². The van der Waals surface area contributed by atoms with Gasteiger partial charge >= 0.3 is 6.03 Å². The maximum Gasteiger partial charge on any atom is 0.317 e. The highest BCUT2D eigenvalue weighted by Crippen LogP contribution is 2.21. The van der Waals surface area contributed by atoms with Crippen LogP contribution in [0.15, 0.2) is 24.3 Å². The van der Waals surface area contributed by atoms with Crippen LogP contribution in [0.3, 0.4) is 0 Å². The van der Waals surface area contributed by atoms with E-state index in [9.17, 15) is 4.79 Å². The lowest BCUT2D eigenvalue weighted by atomic mass is 10.1. The topological polar surface area (TPSA) is 50.8 Å². The molecule has 5 nitrogen and oxygen atoms in total. The normalized spacial score (nSPS) is 15.4. The molecule has 1 saturated carbocycles. The van der Waals surface area contributed by atoms with Gasteiger partial charge in [-0.2, -0.15) is 0 Å². The second kappa shape index (κ2) is 11.0. The number of amides is 2. The molecule has 0 bridgehead atoms. The van der Waals surface area contributed by atoms with Gasteiger partial charge in [-0.25, -0.2) is 4.79 Å². The highest BCUT2D eigenvalue weighted by Gasteiger charge is 2.20. The van der Waals surface area contributed by atoms with Crippen LogP contribution in [0, 0.1) is 0 Å². The molecule has 2 amide bonds. The van der Waals surface area contributed by atoms with Gasteiger partial charge in [0.15, 0.2) is 0 Å². The number of methoxy groups -OCH3 is 2. The molecule has 0 radical (unpaired) electrons. The molecular formula is C20H32N2O3. The fourth-order valence-electron chi connectivity index (χ4n) is 3.38. The largest absolute Gasteiger partial charge is 0.496 e. The summed E-state index contributed by atoms with van der Waals surface area (Å²) < 4.78 is 10.6. The van der Waals surface area contributed by atoms with Gasteiger partial charge in [-0.1, -0.05) is 43.9 Å². The summed E-state index contributed by atoms with van der Waals surface area (Å²) in [7, 11) is 3.36. The Kier molecular flexibility index (Phi) is 8.60. The van der Waals surface area contributed by atoms with Crippen LogP contribution in [0.5, 0.6) is 5.75 Å². The second-order valence-electron chi connectivity index (χ2n) is 6.72. The molecule has 25 heavy (non-hydrogen) atoms. The summed E-state index contributed by atoms with van der Waals surface area (Å²) in [6.07, 6.45) is 7.99. The lowest BCUT2D eigenvalue weighted by molar-refractivity contribution is 0.163. The Bertz CT molecular complexity index is 513. The third-order valence-corrected chi connectivity index (χ3v) is 4.80.